The molecule has 0 spiro atoms. The van der Waals surface area contributed by atoms with Crippen LogP contribution in [0.1, 0.15) is 6.92 Å². The minimum absolute atomic E-state index is 0.263. The molecule has 0 aliphatic carbocycles. The Labute approximate surface area is 107 Å². The third-order valence-electron chi connectivity index (χ3n) is 1.54. The molecule has 98 valence electrons. The molecule has 1 rings (SSSR count). The largest absolute Gasteiger partial charge is 0.482 e. The van der Waals surface area contributed by atoms with Crippen molar-refractivity contribution in [2.45, 2.75) is 6.92 Å². The summed E-state index contributed by atoms with van der Waals surface area (Å²) in [4.78, 5) is 25.6. The zero-order valence-electron chi connectivity index (χ0n) is 9.41. The van der Waals surface area contributed by atoms with Crippen LogP contribution in [0.3, 0.4) is 0 Å². The standard InChI is InChI=1S/C10H11NO6S/c1-7(12)11-18-17-16-9-4-2-8(3-5-9)15-6-10(13)14/h2-5H,6H2,1H3,(H,11,12)(H,13,14). The summed E-state index contributed by atoms with van der Waals surface area (Å²) in [5.41, 5.74) is 0. The third-order valence-corrected chi connectivity index (χ3v) is 2.04. The van der Waals surface area contributed by atoms with Gasteiger partial charge in [0.1, 0.15) is 5.75 Å². The summed E-state index contributed by atoms with van der Waals surface area (Å²) >= 11 is 0.644. The number of hydrogen-bond donors (Lipinski definition) is 2. The van der Waals surface area contributed by atoms with Crippen LogP contribution >= 0.6 is 12.2 Å². The van der Waals surface area contributed by atoms with Crippen molar-refractivity contribution in [1.29, 1.82) is 0 Å². The fourth-order valence-corrected chi connectivity index (χ4v) is 1.13. The van der Waals surface area contributed by atoms with Crippen molar-refractivity contribution < 1.29 is 28.7 Å². The molecule has 0 saturated carbocycles. The van der Waals surface area contributed by atoms with Gasteiger partial charge in [-0.1, -0.05) is 4.33 Å². The lowest BCUT2D eigenvalue weighted by Gasteiger charge is -2.05. The first-order chi connectivity index (χ1) is 8.58. The number of nitrogens with one attached hydrogen (secondary N) is 1. The van der Waals surface area contributed by atoms with E-state index in [4.69, 9.17) is 14.7 Å². The molecule has 0 radical (unpaired) electrons. The highest BCUT2D eigenvalue weighted by molar-refractivity contribution is 7.93. The maximum atomic E-state index is 10.5. The Morgan fingerprint density at radius 2 is 1.89 bits per heavy atom. The predicted octanol–water partition coefficient (Wildman–Crippen LogP) is 1.16. The Morgan fingerprint density at radius 3 is 2.44 bits per heavy atom. The van der Waals surface area contributed by atoms with Crippen LogP contribution in [0.5, 0.6) is 11.5 Å². The average molecular weight is 273 g/mol. The number of carbonyl (C=O) groups excluding carboxylic acids is 1. The molecule has 0 aromatic heterocycles. The van der Waals surface area contributed by atoms with Crippen LogP contribution in [0.2, 0.25) is 0 Å². The molecule has 1 aromatic carbocycles. The summed E-state index contributed by atoms with van der Waals surface area (Å²) in [5, 5.41) is 8.41. The van der Waals surface area contributed by atoms with Crippen molar-refractivity contribution in [1.82, 2.24) is 4.72 Å². The second-order valence-electron chi connectivity index (χ2n) is 3.05. The lowest BCUT2D eigenvalue weighted by Crippen LogP contribution is -2.11. The molecule has 0 aliphatic heterocycles. The van der Waals surface area contributed by atoms with Crippen molar-refractivity contribution >= 4 is 24.1 Å². The number of amides is 1. The SMILES string of the molecule is CC(=O)NSOOc1ccc(OCC(=O)O)cc1. The third kappa shape index (κ3) is 5.97. The van der Waals surface area contributed by atoms with E-state index in [0.717, 1.165) is 0 Å². The number of aliphatic carboxylic acids is 1. The van der Waals surface area contributed by atoms with Crippen molar-refractivity contribution in [3.63, 3.8) is 0 Å². The van der Waals surface area contributed by atoms with Gasteiger partial charge in [0.2, 0.25) is 5.91 Å². The van der Waals surface area contributed by atoms with E-state index in [1.807, 2.05) is 0 Å². The van der Waals surface area contributed by atoms with Gasteiger partial charge in [-0.25, -0.2) is 4.79 Å². The van der Waals surface area contributed by atoms with Gasteiger partial charge >= 0.3 is 5.97 Å². The zero-order valence-corrected chi connectivity index (χ0v) is 10.2. The minimum atomic E-state index is -1.05. The smallest absolute Gasteiger partial charge is 0.341 e. The van der Waals surface area contributed by atoms with Gasteiger partial charge in [0, 0.05) is 6.92 Å². The second-order valence-corrected chi connectivity index (χ2v) is 3.55. The zero-order chi connectivity index (χ0) is 13.4. The summed E-state index contributed by atoms with van der Waals surface area (Å²) in [6.45, 7) is 0.931. The van der Waals surface area contributed by atoms with Gasteiger partial charge in [-0.3, -0.25) is 9.52 Å². The lowest BCUT2D eigenvalue weighted by molar-refractivity contribution is -0.139. The highest BCUT2D eigenvalue weighted by Crippen LogP contribution is 2.18. The quantitative estimate of drug-likeness (QED) is 0.253. The summed E-state index contributed by atoms with van der Waals surface area (Å²) in [6.07, 6.45) is 0. The van der Waals surface area contributed by atoms with Crippen LogP contribution in [0.4, 0.5) is 0 Å². The van der Waals surface area contributed by atoms with Crippen LogP contribution in [0.25, 0.3) is 0 Å². The van der Waals surface area contributed by atoms with Gasteiger partial charge < -0.3 is 14.7 Å². The first kappa shape index (κ1) is 14.1. The summed E-state index contributed by atoms with van der Waals surface area (Å²) in [5.74, 6) is -0.527. The van der Waals surface area contributed by atoms with Gasteiger partial charge in [0.05, 0.1) is 0 Å². The normalized spacial score (nSPS) is 9.61. The number of ether oxygens (including phenoxy) is 1. The molecule has 0 fully saturated rings. The fourth-order valence-electron chi connectivity index (χ4n) is 0.868. The van der Waals surface area contributed by atoms with Crippen LogP contribution < -0.4 is 14.3 Å². The van der Waals surface area contributed by atoms with Crippen molar-refractivity contribution in [2.75, 3.05) is 6.61 Å². The molecule has 0 unspecified atom stereocenters. The molecule has 0 bridgehead atoms. The van der Waals surface area contributed by atoms with Gasteiger partial charge in [-0.2, -0.15) is 0 Å². The monoisotopic (exact) mass is 273 g/mol. The van der Waals surface area contributed by atoms with E-state index in [1.165, 1.54) is 31.2 Å². The van der Waals surface area contributed by atoms with E-state index in [0.29, 0.717) is 23.7 Å². The Balaban J connectivity index is 2.31. The van der Waals surface area contributed by atoms with Crippen molar-refractivity contribution in [2.24, 2.45) is 0 Å². The van der Waals surface area contributed by atoms with E-state index in [-0.39, 0.29) is 5.91 Å². The molecule has 8 heteroatoms. The number of carboxylic acids is 1. The first-order valence-corrected chi connectivity index (χ1v) is 5.53. The van der Waals surface area contributed by atoms with Crippen molar-refractivity contribution in [3.8, 4) is 11.5 Å². The van der Waals surface area contributed by atoms with E-state index in [1.54, 1.807) is 0 Å². The summed E-state index contributed by atoms with van der Waals surface area (Å²) in [6, 6.07) is 6.13. The second kappa shape index (κ2) is 7.41. The molecule has 0 aliphatic rings. The van der Waals surface area contributed by atoms with Gasteiger partial charge in [-0.05, 0) is 24.3 Å². The predicted molar refractivity (Wildman–Crippen MR) is 62.7 cm³/mol. The Hall–Kier alpha value is -1.93. The molecule has 18 heavy (non-hydrogen) atoms. The molecule has 1 amide bonds. The Bertz CT molecular complexity index is 407. The lowest BCUT2D eigenvalue weighted by atomic mass is 10.3. The van der Waals surface area contributed by atoms with Crippen LogP contribution in [-0.2, 0) is 13.9 Å². The molecule has 7 nitrogen and oxygen atoms in total. The average Bonchev–Trinajstić information content (AvgIpc) is 2.33. The van der Waals surface area contributed by atoms with Crippen LogP contribution in [-0.4, -0.2) is 23.6 Å². The van der Waals surface area contributed by atoms with Gasteiger partial charge in [0.15, 0.2) is 24.6 Å². The Kier molecular flexibility index (Phi) is 5.81. The maximum absolute atomic E-state index is 10.5. The van der Waals surface area contributed by atoms with E-state index < -0.39 is 12.6 Å². The van der Waals surface area contributed by atoms with E-state index in [9.17, 15) is 9.59 Å². The summed E-state index contributed by atoms with van der Waals surface area (Å²) < 4.78 is 11.8. The molecular formula is C10H11NO6S. The minimum Gasteiger partial charge on any atom is -0.482 e. The fraction of sp³-hybridized carbons (Fsp3) is 0.200. The van der Waals surface area contributed by atoms with Crippen LogP contribution in [0, 0.1) is 0 Å². The molecule has 2 N–H and O–H groups in total. The molecule has 0 heterocycles. The van der Waals surface area contributed by atoms with E-state index >= 15 is 0 Å². The maximum Gasteiger partial charge on any atom is 0.341 e. The molecular weight excluding hydrogens is 262 g/mol. The number of carboxylic acid groups (broad SMARTS) is 1. The van der Waals surface area contributed by atoms with Crippen LogP contribution in [0.15, 0.2) is 24.3 Å². The number of benzene rings is 1. The van der Waals surface area contributed by atoms with Gasteiger partial charge in [-0.15, -0.1) is 0 Å². The topological polar surface area (TPSA) is 94.1 Å². The number of carbonyl (C=O) groups is 2. The van der Waals surface area contributed by atoms with E-state index in [2.05, 4.69) is 9.06 Å². The Morgan fingerprint density at radius 1 is 1.28 bits per heavy atom. The summed E-state index contributed by atoms with van der Waals surface area (Å²) in [7, 11) is 0. The molecule has 0 atom stereocenters. The molecule has 0 saturated heterocycles. The first-order valence-electron chi connectivity index (χ1n) is 4.79. The van der Waals surface area contributed by atoms with Gasteiger partial charge in [0.25, 0.3) is 0 Å². The molecule has 1 aromatic rings. The van der Waals surface area contributed by atoms with Crippen molar-refractivity contribution in [3.05, 3.63) is 24.3 Å². The highest BCUT2D eigenvalue weighted by atomic mass is 32.2. The number of hydrogen-bond acceptors (Lipinski definition) is 6. The highest BCUT2D eigenvalue weighted by Gasteiger charge is 2.01. The number of rotatable bonds is 7.